The third kappa shape index (κ3) is 3.51. The number of halogens is 2. The predicted molar refractivity (Wildman–Crippen MR) is 116 cm³/mol. The summed E-state index contributed by atoms with van der Waals surface area (Å²) in [5.41, 5.74) is 4.62. The molecular formula is C22H16ClFN6O. The second-order valence-electron chi connectivity index (χ2n) is 7.16. The molecule has 0 bridgehead atoms. The van der Waals surface area contributed by atoms with Crippen molar-refractivity contribution in [2.45, 2.75) is 13.0 Å². The highest BCUT2D eigenvalue weighted by Crippen LogP contribution is 2.29. The molecule has 31 heavy (non-hydrogen) atoms. The maximum atomic E-state index is 13.4. The average molecular weight is 435 g/mol. The van der Waals surface area contributed by atoms with E-state index in [0.717, 1.165) is 22.2 Å². The Kier molecular flexibility index (Phi) is 4.63. The van der Waals surface area contributed by atoms with Crippen molar-refractivity contribution in [3.8, 4) is 11.3 Å². The zero-order chi connectivity index (χ0) is 21.5. The molecule has 0 radical (unpaired) electrons. The molecule has 0 fully saturated rings. The van der Waals surface area contributed by atoms with E-state index in [1.165, 1.54) is 12.1 Å². The van der Waals surface area contributed by atoms with Crippen LogP contribution in [0.1, 0.15) is 29.1 Å². The summed E-state index contributed by atoms with van der Waals surface area (Å²) in [6, 6.07) is 11.5. The van der Waals surface area contributed by atoms with Crippen molar-refractivity contribution in [2.75, 3.05) is 0 Å². The molecule has 0 aliphatic heterocycles. The zero-order valence-corrected chi connectivity index (χ0v) is 17.0. The van der Waals surface area contributed by atoms with Crippen molar-refractivity contribution >= 4 is 39.4 Å². The van der Waals surface area contributed by atoms with Gasteiger partial charge in [-0.25, -0.2) is 14.4 Å². The van der Waals surface area contributed by atoms with Gasteiger partial charge in [0.05, 0.1) is 33.3 Å². The molecule has 9 heteroatoms. The van der Waals surface area contributed by atoms with Crippen LogP contribution in [-0.4, -0.2) is 31.1 Å². The number of aromatic nitrogens is 5. The predicted octanol–water partition coefficient (Wildman–Crippen LogP) is 4.78. The summed E-state index contributed by atoms with van der Waals surface area (Å²) in [6.45, 7) is 1.78. The fourth-order valence-corrected chi connectivity index (χ4v) is 3.68. The van der Waals surface area contributed by atoms with E-state index in [1.54, 1.807) is 25.4 Å². The maximum absolute atomic E-state index is 13.4. The molecule has 7 nitrogen and oxygen atoms in total. The second kappa shape index (κ2) is 7.48. The number of amides is 1. The highest BCUT2D eigenvalue weighted by molar-refractivity contribution is 6.30. The van der Waals surface area contributed by atoms with Gasteiger partial charge in [0.25, 0.3) is 5.91 Å². The van der Waals surface area contributed by atoms with Crippen molar-refractivity contribution in [2.24, 2.45) is 0 Å². The van der Waals surface area contributed by atoms with Crippen molar-refractivity contribution in [1.29, 1.82) is 0 Å². The molecule has 154 valence electrons. The number of nitrogens with zero attached hydrogens (tertiary/aromatic N) is 3. The molecule has 1 amide bonds. The molecular weight excluding hydrogens is 419 g/mol. The van der Waals surface area contributed by atoms with Crippen LogP contribution in [0.2, 0.25) is 5.02 Å². The molecule has 0 saturated heterocycles. The minimum absolute atomic E-state index is 0.00535. The van der Waals surface area contributed by atoms with Gasteiger partial charge in [0.15, 0.2) is 0 Å². The van der Waals surface area contributed by atoms with Crippen LogP contribution in [0, 0.1) is 5.82 Å². The van der Waals surface area contributed by atoms with Gasteiger partial charge in [-0.1, -0.05) is 17.7 Å². The maximum Gasteiger partial charge on any atom is 0.289 e. The molecule has 1 atom stereocenters. The number of aromatic amines is 2. The van der Waals surface area contributed by atoms with Gasteiger partial charge in [-0.3, -0.25) is 14.9 Å². The third-order valence-corrected chi connectivity index (χ3v) is 5.41. The third-order valence-electron chi connectivity index (χ3n) is 5.12. The lowest BCUT2D eigenvalue weighted by Crippen LogP contribution is -2.27. The lowest BCUT2D eigenvalue weighted by molar-refractivity contribution is 0.0930. The number of hydrogen-bond acceptors (Lipinski definition) is 4. The van der Waals surface area contributed by atoms with Crippen molar-refractivity contribution < 1.29 is 9.18 Å². The summed E-state index contributed by atoms with van der Waals surface area (Å²) in [5.74, 6) is -0.862. The Balaban J connectivity index is 1.45. The largest absolute Gasteiger partial charge is 0.343 e. The van der Waals surface area contributed by atoms with E-state index in [2.05, 4.69) is 30.5 Å². The Morgan fingerprint density at radius 2 is 1.81 bits per heavy atom. The van der Waals surface area contributed by atoms with Crippen LogP contribution in [0.5, 0.6) is 0 Å². The molecule has 2 aromatic carbocycles. The monoisotopic (exact) mass is 434 g/mol. The van der Waals surface area contributed by atoms with Gasteiger partial charge in [-0.15, -0.1) is 0 Å². The fraction of sp³-hybridized carbons (Fsp3) is 0.0909. The SMILES string of the molecule is CC(NC(=O)c1nc2cc3[nH][nH]c(-c4ccncc4)c3cc2n1)c1ccc(F)c(Cl)c1. The normalized spacial score (nSPS) is 12.4. The highest BCUT2D eigenvalue weighted by Gasteiger charge is 2.18. The Bertz CT molecular complexity index is 1430. The number of pyridine rings is 1. The second-order valence-corrected chi connectivity index (χ2v) is 7.57. The van der Waals surface area contributed by atoms with E-state index in [1.807, 2.05) is 24.3 Å². The van der Waals surface area contributed by atoms with Crippen LogP contribution in [-0.2, 0) is 0 Å². The van der Waals surface area contributed by atoms with Gasteiger partial charge in [0.2, 0.25) is 5.82 Å². The minimum Gasteiger partial charge on any atom is -0.343 e. The van der Waals surface area contributed by atoms with Crippen LogP contribution < -0.4 is 5.32 Å². The zero-order valence-electron chi connectivity index (χ0n) is 16.3. The van der Waals surface area contributed by atoms with E-state index >= 15 is 0 Å². The Hall–Kier alpha value is -3.78. The first-order valence-electron chi connectivity index (χ1n) is 9.53. The lowest BCUT2D eigenvalue weighted by atomic mass is 10.1. The van der Waals surface area contributed by atoms with Crippen LogP contribution in [0.3, 0.4) is 0 Å². The van der Waals surface area contributed by atoms with Crippen LogP contribution in [0.25, 0.3) is 33.2 Å². The lowest BCUT2D eigenvalue weighted by Gasteiger charge is -2.13. The van der Waals surface area contributed by atoms with Gasteiger partial charge < -0.3 is 10.4 Å². The summed E-state index contributed by atoms with van der Waals surface area (Å²) in [4.78, 5) is 25.5. The molecule has 5 rings (SSSR count). The van der Waals surface area contributed by atoms with Crippen molar-refractivity contribution in [3.63, 3.8) is 0 Å². The van der Waals surface area contributed by atoms with Gasteiger partial charge >= 0.3 is 0 Å². The summed E-state index contributed by atoms with van der Waals surface area (Å²) in [6.07, 6.45) is 3.45. The fourth-order valence-electron chi connectivity index (χ4n) is 3.49. The number of carbonyl (C=O) groups is 1. The van der Waals surface area contributed by atoms with Gasteiger partial charge in [-0.05, 0) is 48.9 Å². The van der Waals surface area contributed by atoms with Crippen molar-refractivity contribution in [1.82, 2.24) is 30.5 Å². The molecule has 3 heterocycles. The van der Waals surface area contributed by atoms with Crippen LogP contribution >= 0.6 is 11.6 Å². The number of hydrogen-bond donors (Lipinski definition) is 3. The van der Waals surface area contributed by atoms with Gasteiger partial charge in [0, 0.05) is 23.3 Å². The van der Waals surface area contributed by atoms with Gasteiger partial charge in [-0.2, -0.15) is 0 Å². The molecule has 0 aliphatic carbocycles. The molecule has 3 aromatic heterocycles. The molecule has 0 aliphatic rings. The first kappa shape index (κ1) is 19.2. The molecule has 1 unspecified atom stereocenters. The molecule has 0 saturated carbocycles. The van der Waals surface area contributed by atoms with E-state index < -0.39 is 17.8 Å². The van der Waals surface area contributed by atoms with Crippen LogP contribution in [0.15, 0.2) is 54.9 Å². The first-order chi connectivity index (χ1) is 15.0. The number of imidazole rings is 1. The van der Waals surface area contributed by atoms with E-state index in [0.29, 0.717) is 16.6 Å². The summed E-state index contributed by atoms with van der Waals surface area (Å²) < 4.78 is 13.4. The molecule has 5 aromatic rings. The van der Waals surface area contributed by atoms with Gasteiger partial charge in [0.1, 0.15) is 5.82 Å². The van der Waals surface area contributed by atoms with E-state index in [-0.39, 0.29) is 10.8 Å². The summed E-state index contributed by atoms with van der Waals surface area (Å²) >= 11 is 5.84. The average Bonchev–Trinajstić information content (AvgIpc) is 3.38. The minimum atomic E-state index is -0.506. The first-order valence-corrected chi connectivity index (χ1v) is 9.91. The van der Waals surface area contributed by atoms with E-state index in [4.69, 9.17) is 11.6 Å². The highest BCUT2D eigenvalue weighted by atomic mass is 35.5. The Morgan fingerprint density at radius 1 is 1.06 bits per heavy atom. The number of benzene rings is 2. The smallest absolute Gasteiger partial charge is 0.289 e. The number of carbonyl (C=O) groups excluding carboxylic acids is 1. The summed E-state index contributed by atoms with van der Waals surface area (Å²) in [5, 5.41) is 10.0. The van der Waals surface area contributed by atoms with E-state index in [9.17, 15) is 9.18 Å². The summed E-state index contributed by atoms with van der Waals surface area (Å²) in [7, 11) is 0. The molecule has 0 spiro atoms. The topological polar surface area (TPSA) is 99.3 Å². The standard InChI is InChI=1S/C22H16ClFN6O/c1-11(13-2-3-16(24)15(23)8-13)26-22(31)21-27-18-9-14-17(10-19(18)28-21)29-30-20(14)12-4-6-25-7-5-12/h2-11,29-30H,1H3,(H,26,31). The van der Waals surface area contributed by atoms with Crippen molar-refractivity contribution in [3.05, 3.63) is 77.1 Å². The number of H-pyrrole nitrogens is 2. The quantitative estimate of drug-likeness (QED) is 0.379. The van der Waals surface area contributed by atoms with Crippen LogP contribution in [0.4, 0.5) is 4.39 Å². The Labute approximate surface area is 180 Å². The Morgan fingerprint density at radius 3 is 2.55 bits per heavy atom. The number of nitrogens with one attached hydrogen (secondary N) is 3. The number of fused-ring (bicyclic) bond motifs is 2. The number of rotatable bonds is 4. The molecule has 3 N–H and O–H groups in total.